The zero-order chi connectivity index (χ0) is 18.8. The van der Waals surface area contributed by atoms with Gasteiger partial charge in [-0.15, -0.1) is 23.1 Å². The van der Waals surface area contributed by atoms with E-state index in [0.29, 0.717) is 16.6 Å². The highest BCUT2D eigenvalue weighted by Crippen LogP contribution is 2.22. The van der Waals surface area contributed by atoms with E-state index in [9.17, 15) is 9.59 Å². The summed E-state index contributed by atoms with van der Waals surface area (Å²) in [6.07, 6.45) is 1.61. The number of thiocarbonyl (C=S) groups is 1. The lowest BCUT2D eigenvalue weighted by molar-refractivity contribution is -0.119. The third-order valence-corrected chi connectivity index (χ3v) is 4.64. The van der Waals surface area contributed by atoms with Crippen LogP contribution in [0.15, 0.2) is 35.8 Å². The van der Waals surface area contributed by atoms with Crippen molar-refractivity contribution in [1.29, 1.82) is 0 Å². The van der Waals surface area contributed by atoms with Crippen LogP contribution in [0.4, 0.5) is 10.8 Å². The van der Waals surface area contributed by atoms with Gasteiger partial charge in [0.25, 0.3) is 0 Å². The third kappa shape index (κ3) is 6.86. The molecule has 138 valence electrons. The Bertz CT molecular complexity index is 755. The number of thiazole rings is 1. The van der Waals surface area contributed by atoms with Crippen LogP contribution in [0.2, 0.25) is 0 Å². The van der Waals surface area contributed by atoms with E-state index >= 15 is 0 Å². The highest BCUT2D eigenvalue weighted by Gasteiger charge is 2.08. The monoisotopic (exact) mass is 411 g/mol. The number of carbonyl (C=O) groups is 2. The highest BCUT2D eigenvalue weighted by molar-refractivity contribution is 8.00. The second-order valence-electron chi connectivity index (χ2n) is 4.71. The quantitative estimate of drug-likeness (QED) is 0.404. The molecule has 0 bridgehead atoms. The number of rotatable bonds is 7. The largest absolute Gasteiger partial charge is 0.495 e. The molecule has 1 aromatic carbocycles. The van der Waals surface area contributed by atoms with E-state index in [2.05, 4.69) is 26.5 Å². The summed E-state index contributed by atoms with van der Waals surface area (Å²) in [5.74, 6) is 0.372. The molecule has 4 N–H and O–H groups in total. The number of methoxy groups -OCH3 is 1. The average molecular weight is 412 g/mol. The van der Waals surface area contributed by atoms with Crippen LogP contribution in [0, 0.1) is 0 Å². The van der Waals surface area contributed by atoms with Crippen LogP contribution in [0.25, 0.3) is 0 Å². The fraction of sp³-hybridized carbons (Fsp3) is 0.200. The molecule has 1 heterocycles. The Kier molecular flexibility index (Phi) is 8.12. The van der Waals surface area contributed by atoms with Crippen molar-refractivity contribution in [3.63, 3.8) is 0 Å². The number of amides is 2. The molecule has 0 saturated carbocycles. The number of hydrazine groups is 1. The summed E-state index contributed by atoms with van der Waals surface area (Å²) < 4.78 is 5.20. The number of carbonyl (C=O) groups excluding carboxylic acids is 2. The maximum atomic E-state index is 11.8. The van der Waals surface area contributed by atoms with Gasteiger partial charge in [-0.2, -0.15) is 0 Å². The van der Waals surface area contributed by atoms with Crippen LogP contribution in [0.5, 0.6) is 5.75 Å². The van der Waals surface area contributed by atoms with Crippen molar-refractivity contribution in [3.8, 4) is 5.75 Å². The molecule has 0 aliphatic carbocycles. The number of hydrogen-bond acceptors (Lipinski definition) is 7. The van der Waals surface area contributed by atoms with Crippen molar-refractivity contribution in [3.05, 3.63) is 35.8 Å². The van der Waals surface area contributed by atoms with E-state index in [0.717, 1.165) is 0 Å². The molecule has 0 unspecified atom stereocenters. The van der Waals surface area contributed by atoms with Gasteiger partial charge in [-0.25, -0.2) is 4.98 Å². The Morgan fingerprint density at radius 2 is 1.96 bits per heavy atom. The summed E-state index contributed by atoms with van der Waals surface area (Å²) in [5.41, 5.74) is 5.74. The van der Waals surface area contributed by atoms with Gasteiger partial charge in [0, 0.05) is 11.6 Å². The minimum Gasteiger partial charge on any atom is -0.495 e. The number of nitrogens with one attached hydrogen (secondary N) is 4. The standard InChI is InChI=1S/C15H17N5O3S3/c1-23-11-5-3-2-4-10(11)17-14(24)20-19-13(22)9-25-8-12(21)18-15-16-6-7-26-15/h2-7H,8-9H2,1H3,(H,19,22)(H,16,18,21)(H2,17,20,24). The van der Waals surface area contributed by atoms with Gasteiger partial charge in [0.05, 0.1) is 24.3 Å². The van der Waals surface area contributed by atoms with Crippen LogP contribution >= 0.6 is 35.3 Å². The number of benzene rings is 1. The van der Waals surface area contributed by atoms with Gasteiger partial charge in [-0.05, 0) is 24.4 Å². The lowest BCUT2D eigenvalue weighted by Crippen LogP contribution is -2.44. The van der Waals surface area contributed by atoms with Gasteiger partial charge in [0.2, 0.25) is 11.8 Å². The van der Waals surface area contributed by atoms with E-state index in [1.165, 1.54) is 23.1 Å². The molecule has 26 heavy (non-hydrogen) atoms. The third-order valence-electron chi connectivity index (χ3n) is 2.82. The van der Waals surface area contributed by atoms with Gasteiger partial charge in [0.1, 0.15) is 5.75 Å². The fourth-order valence-corrected chi connectivity index (χ4v) is 3.06. The SMILES string of the molecule is COc1ccccc1NC(=S)NNC(=O)CSCC(=O)Nc1nccs1. The Morgan fingerprint density at radius 1 is 1.19 bits per heavy atom. The molecule has 0 spiro atoms. The lowest BCUT2D eigenvalue weighted by Gasteiger charge is -2.13. The maximum absolute atomic E-state index is 11.8. The minimum atomic E-state index is -0.304. The van der Waals surface area contributed by atoms with Gasteiger partial charge in [-0.1, -0.05) is 12.1 Å². The smallest absolute Gasteiger partial charge is 0.248 e. The predicted molar refractivity (Wildman–Crippen MR) is 109 cm³/mol. The van der Waals surface area contributed by atoms with E-state index in [1.807, 2.05) is 12.1 Å². The normalized spacial score (nSPS) is 9.88. The van der Waals surface area contributed by atoms with Crippen LogP contribution in [0.3, 0.4) is 0 Å². The summed E-state index contributed by atoms with van der Waals surface area (Å²) in [7, 11) is 1.56. The lowest BCUT2D eigenvalue weighted by atomic mass is 10.3. The number of anilines is 2. The topological polar surface area (TPSA) is 104 Å². The molecular formula is C15H17N5O3S3. The van der Waals surface area contributed by atoms with Gasteiger partial charge in [-0.3, -0.25) is 20.4 Å². The first kappa shape index (κ1) is 19.9. The Balaban J connectivity index is 1.63. The molecule has 11 heteroatoms. The van der Waals surface area contributed by atoms with Crippen molar-refractivity contribution in [2.24, 2.45) is 0 Å². The second-order valence-corrected chi connectivity index (χ2v) is 6.99. The van der Waals surface area contributed by atoms with Crippen molar-refractivity contribution in [1.82, 2.24) is 15.8 Å². The number of para-hydroxylation sites is 2. The Hall–Kier alpha value is -2.37. The van der Waals surface area contributed by atoms with Crippen LogP contribution < -0.4 is 26.2 Å². The first-order valence-electron chi connectivity index (χ1n) is 7.34. The molecule has 0 saturated heterocycles. The van der Waals surface area contributed by atoms with Crippen molar-refractivity contribution in [2.45, 2.75) is 0 Å². The van der Waals surface area contributed by atoms with Crippen molar-refractivity contribution in [2.75, 3.05) is 29.2 Å². The zero-order valence-electron chi connectivity index (χ0n) is 13.8. The summed E-state index contributed by atoms with van der Waals surface area (Å²) in [5, 5.41) is 8.08. The van der Waals surface area contributed by atoms with Crippen LogP contribution in [-0.4, -0.2) is 40.5 Å². The molecule has 0 aliphatic heterocycles. The first-order valence-corrected chi connectivity index (χ1v) is 9.78. The summed E-state index contributed by atoms with van der Waals surface area (Å²) in [4.78, 5) is 27.4. The van der Waals surface area contributed by atoms with Crippen molar-refractivity contribution < 1.29 is 14.3 Å². The molecule has 8 nitrogen and oxygen atoms in total. The molecular weight excluding hydrogens is 394 g/mol. The molecule has 2 aromatic rings. The fourth-order valence-electron chi connectivity index (χ4n) is 1.74. The summed E-state index contributed by atoms with van der Waals surface area (Å²) in [6.45, 7) is 0. The molecule has 0 aliphatic rings. The van der Waals surface area contributed by atoms with Crippen LogP contribution in [0.1, 0.15) is 0 Å². The zero-order valence-corrected chi connectivity index (χ0v) is 16.2. The predicted octanol–water partition coefficient (Wildman–Crippen LogP) is 1.84. The average Bonchev–Trinajstić information content (AvgIpc) is 3.13. The molecule has 2 amide bonds. The number of nitrogens with zero attached hydrogens (tertiary/aromatic N) is 1. The number of hydrogen-bond donors (Lipinski definition) is 4. The van der Waals surface area contributed by atoms with Gasteiger partial charge >= 0.3 is 0 Å². The molecule has 2 rings (SSSR count). The Labute approximate surface area is 164 Å². The summed E-state index contributed by atoms with van der Waals surface area (Å²) >= 11 is 7.63. The van der Waals surface area contributed by atoms with E-state index in [1.54, 1.807) is 30.8 Å². The van der Waals surface area contributed by atoms with Crippen molar-refractivity contribution >= 4 is 63.1 Å². The molecule has 0 radical (unpaired) electrons. The first-order chi connectivity index (χ1) is 12.6. The van der Waals surface area contributed by atoms with E-state index in [4.69, 9.17) is 17.0 Å². The maximum Gasteiger partial charge on any atom is 0.248 e. The number of aromatic nitrogens is 1. The summed E-state index contributed by atoms with van der Waals surface area (Å²) in [6, 6.07) is 7.26. The number of thioether (sulfide) groups is 1. The molecule has 0 atom stereocenters. The number of ether oxygens (including phenoxy) is 1. The highest BCUT2D eigenvalue weighted by atomic mass is 32.2. The molecule has 1 aromatic heterocycles. The second kappa shape index (κ2) is 10.6. The minimum absolute atomic E-state index is 0.107. The van der Waals surface area contributed by atoms with E-state index < -0.39 is 0 Å². The van der Waals surface area contributed by atoms with E-state index in [-0.39, 0.29) is 28.4 Å². The van der Waals surface area contributed by atoms with Gasteiger partial charge in [0.15, 0.2) is 10.2 Å². The molecule has 0 fully saturated rings. The van der Waals surface area contributed by atoms with Gasteiger partial charge < -0.3 is 15.4 Å². The van der Waals surface area contributed by atoms with Crippen LogP contribution in [-0.2, 0) is 9.59 Å². The Morgan fingerprint density at radius 3 is 2.69 bits per heavy atom.